The lowest BCUT2D eigenvalue weighted by Gasteiger charge is -2.32. The third-order valence-electron chi connectivity index (χ3n) is 3.64. The smallest absolute Gasteiger partial charge is 0.402 e. The van der Waals surface area contributed by atoms with Gasteiger partial charge in [-0.15, -0.1) is 0 Å². The Labute approximate surface area is 105 Å². The average Bonchev–Trinajstić information content (AvgIpc) is 2.43. The zero-order valence-electron chi connectivity index (χ0n) is 11.8. The van der Waals surface area contributed by atoms with Gasteiger partial charge in [0.1, 0.15) is 0 Å². The Morgan fingerprint density at radius 2 is 1.76 bits per heavy atom. The molecule has 1 aliphatic rings. The van der Waals surface area contributed by atoms with Gasteiger partial charge in [-0.05, 0) is 34.6 Å². The van der Waals surface area contributed by atoms with E-state index in [2.05, 4.69) is 11.9 Å². The summed E-state index contributed by atoms with van der Waals surface area (Å²) in [5.74, 6) is 0. The Bertz CT molecular complexity index is 275. The third-order valence-corrected chi connectivity index (χ3v) is 3.64. The summed E-state index contributed by atoms with van der Waals surface area (Å²) >= 11 is 0. The van der Waals surface area contributed by atoms with E-state index in [0.29, 0.717) is 6.44 Å². The summed E-state index contributed by atoms with van der Waals surface area (Å²) in [6.45, 7) is 14.0. The molecular weight excluding hydrogens is 217 g/mol. The van der Waals surface area contributed by atoms with Crippen LogP contribution < -0.4 is 5.32 Å². The van der Waals surface area contributed by atoms with Crippen molar-refractivity contribution < 1.29 is 14.0 Å². The minimum absolute atomic E-state index is 0.0163. The van der Waals surface area contributed by atoms with Crippen LogP contribution in [0.5, 0.6) is 0 Å². The van der Waals surface area contributed by atoms with Crippen molar-refractivity contribution in [2.75, 3.05) is 13.6 Å². The number of ether oxygens (including phenoxy) is 1. The molecule has 0 aromatic carbocycles. The topological polar surface area (TPSA) is 39.7 Å². The number of nitrogens with one attached hydrogen (secondary N) is 1. The molecule has 0 aliphatic carbocycles. The van der Waals surface area contributed by atoms with E-state index in [1.807, 2.05) is 34.6 Å². The van der Waals surface area contributed by atoms with Crippen LogP contribution in [0.4, 0.5) is 0 Å². The van der Waals surface area contributed by atoms with E-state index in [4.69, 9.17) is 14.0 Å². The average molecular weight is 241 g/mol. The predicted octanol–water partition coefficient (Wildman–Crippen LogP) is 1.76. The van der Waals surface area contributed by atoms with Crippen LogP contribution in [0.15, 0.2) is 12.3 Å². The Balaban J connectivity index is 2.44. The molecule has 0 radical (unpaired) electrons. The van der Waals surface area contributed by atoms with E-state index in [1.54, 1.807) is 7.11 Å². The fraction of sp³-hybridized carbons (Fsp3) is 0.833. The second kappa shape index (κ2) is 5.00. The maximum absolute atomic E-state index is 5.86. The number of methoxy groups -OCH3 is 1. The molecule has 17 heavy (non-hydrogen) atoms. The van der Waals surface area contributed by atoms with E-state index in [0.717, 1.165) is 5.70 Å². The molecule has 0 aromatic rings. The summed E-state index contributed by atoms with van der Waals surface area (Å²) < 4.78 is 16.9. The molecule has 5 heteroatoms. The van der Waals surface area contributed by atoms with E-state index in [9.17, 15) is 0 Å². The monoisotopic (exact) mass is 241 g/mol. The van der Waals surface area contributed by atoms with Crippen LogP contribution in [-0.2, 0) is 14.0 Å². The summed E-state index contributed by atoms with van der Waals surface area (Å²) in [6, 6.07) is 0. The third kappa shape index (κ3) is 3.24. The first-order valence-electron chi connectivity index (χ1n) is 6.00. The maximum Gasteiger partial charge on any atom is 0.478 e. The summed E-state index contributed by atoms with van der Waals surface area (Å²) in [5, 5.41) is 3.18. The molecule has 1 saturated heterocycles. The van der Waals surface area contributed by atoms with Gasteiger partial charge < -0.3 is 19.4 Å². The molecule has 0 aromatic heterocycles. The van der Waals surface area contributed by atoms with Crippen molar-refractivity contribution in [1.29, 1.82) is 0 Å². The molecule has 0 spiro atoms. The highest BCUT2D eigenvalue weighted by Crippen LogP contribution is 2.36. The van der Waals surface area contributed by atoms with Crippen LogP contribution in [0, 0.1) is 0 Å². The predicted molar refractivity (Wildman–Crippen MR) is 69.7 cm³/mol. The van der Waals surface area contributed by atoms with Crippen LogP contribution in [0.3, 0.4) is 0 Å². The number of hydrogen-bond donors (Lipinski definition) is 1. The summed E-state index contributed by atoms with van der Waals surface area (Å²) in [6.07, 6.45) is 0.566. The normalized spacial score (nSPS) is 23.5. The largest absolute Gasteiger partial charge is 0.478 e. The molecule has 1 heterocycles. The molecule has 4 nitrogen and oxygen atoms in total. The van der Waals surface area contributed by atoms with E-state index in [1.165, 1.54) is 0 Å². The fourth-order valence-electron chi connectivity index (χ4n) is 1.55. The molecule has 0 bridgehead atoms. The van der Waals surface area contributed by atoms with Crippen molar-refractivity contribution >= 4 is 7.12 Å². The molecule has 0 unspecified atom stereocenters. The Hall–Kier alpha value is -0.515. The lowest BCUT2D eigenvalue weighted by molar-refractivity contribution is 0.00578. The van der Waals surface area contributed by atoms with Crippen molar-refractivity contribution in [2.45, 2.75) is 51.9 Å². The molecule has 1 N–H and O–H groups in total. The lowest BCUT2D eigenvalue weighted by Crippen LogP contribution is -2.41. The Morgan fingerprint density at radius 3 is 2.18 bits per heavy atom. The Kier molecular flexibility index (Phi) is 4.28. The quantitative estimate of drug-likeness (QED) is 0.744. The van der Waals surface area contributed by atoms with Crippen molar-refractivity contribution in [2.24, 2.45) is 0 Å². The minimum Gasteiger partial charge on any atom is -0.402 e. The minimum atomic E-state index is -0.284. The van der Waals surface area contributed by atoms with Gasteiger partial charge in [-0.1, -0.05) is 6.58 Å². The highest BCUT2D eigenvalue weighted by atomic mass is 16.7. The van der Waals surface area contributed by atoms with Gasteiger partial charge in [-0.2, -0.15) is 0 Å². The molecule has 1 atom stereocenters. The zero-order chi connectivity index (χ0) is 13.3. The zero-order valence-corrected chi connectivity index (χ0v) is 11.8. The molecule has 0 saturated carbocycles. The van der Waals surface area contributed by atoms with Crippen LogP contribution in [-0.4, -0.2) is 38.0 Å². The van der Waals surface area contributed by atoms with Crippen molar-refractivity contribution in [3.05, 3.63) is 12.3 Å². The summed E-state index contributed by atoms with van der Waals surface area (Å²) in [5.41, 5.74) is 0.267. The van der Waals surface area contributed by atoms with Crippen LogP contribution in [0.2, 0.25) is 0 Å². The fourth-order valence-corrected chi connectivity index (χ4v) is 1.55. The Morgan fingerprint density at radius 1 is 1.29 bits per heavy atom. The SMILES string of the molecule is C=C(NCB1OC(C)(C)C(C)(C)O1)[C@H](C)OC. The van der Waals surface area contributed by atoms with Crippen LogP contribution in [0.1, 0.15) is 34.6 Å². The van der Waals surface area contributed by atoms with Gasteiger partial charge in [0.25, 0.3) is 0 Å². The first-order chi connectivity index (χ1) is 7.69. The van der Waals surface area contributed by atoms with Gasteiger partial charge in [0.15, 0.2) is 0 Å². The number of hydrogen-bond acceptors (Lipinski definition) is 4. The maximum atomic E-state index is 5.86. The summed E-state index contributed by atoms with van der Waals surface area (Å²) in [7, 11) is 1.41. The number of rotatable bonds is 5. The molecule has 98 valence electrons. The molecular formula is C12H24BNO3. The first-order valence-corrected chi connectivity index (χ1v) is 6.00. The standard InChI is InChI=1S/C12H24BNO3/c1-9(10(2)15-7)14-8-13-16-11(3,4)12(5,6)17-13/h10,14H,1,8H2,2-7H3/t10-/m0/s1. The van der Waals surface area contributed by atoms with Crippen molar-refractivity contribution in [1.82, 2.24) is 5.32 Å². The van der Waals surface area contributed by atoms with Crippen molar-refractivity contribution in [3.8, 4) is 0 Å². The highest BCUT2D eigenvalue weighted by molar-refractivity contribution is 6.45. The van der Waals surface area contributed by atoms with Crippen LogP contribution in [0.25, 0.3) is 0 Å². The second-order valence-corrected chi connectivity index (χ2v) is 5.47. The second-order valence-electron chi connectivity index (χ2n) is 5.47. The summed E-state index contributed by atoms with van der Waals surface area (Å²) in [4.78, 5) is 0. The van der Waals surface area contributed by atoms with Crippen molar-refractivity contribution in [3.63, 3.8) is 0 Å². The first kappa shape index (κ1) is 14.5. The lowest BCUT2D eigenvalue weighted by atomic mass is 9.90. The van der Waals surface area contributed by atoms with Gasteiger partial charge in [-0.3, -0.25) is 0 Å². The van der Waals surface area contributed by atoms with Crippen LogP contribution >= 0.6 is 0 Å². The molecule has 1 fully saturated rings. The molecule has 0 amide bonds. The van der Waals surface area contributed by atoms with Gasteiger partial charge in [0.05, 0.1) is 23.8 Å². The van der Waals surface area contributed by atoms with Gasteiger partial charge in [-0.25, -0.2) is 0 Å². The molecule has 1 aliphatic heterocycles. The van der Waals surface area contributed by atoms with Gasteiger partial charge >= 0.3 is 7.12 Å². The molecule has 1 rings (SSSR count). The van der Waals surface area contributed by atoms with E-state index >= 15 is 0 Å². The van der Waals surface area contributed by atoms with Gasteiger partial charge in [0, 0.05) is 12.8 Å². The van der Waals surface area contributed by atoms with E-state index < -0.39 is 0 Å². The van der Waals surface area contributed by atoms with Gasteiger partial charge in [0.2, 0.25) is 0 Å². The van der Waals surface area contributed by atoms with E-state index in [-0.39, 0.29) is 24.4 Å². The highest BCUT2D eigenvalue weighted by Gasteiger charge is 2.50.